The van der Waals surface area contributed by atoms with Crippen LogP contribution in [0.5, 0.6) is 5.75 Å². The molecule has 0 unspecified atom stereocenters. The summed E-state index contributed by atoms with van der Waals surface area (Å²) in [5, 5.41) is 3.74. The zero-order valence-corrected chi connectivity index (χ0v) is 11.9. The maximum atomic E-state index is 13.7. The second-order valence-electron chi connectivity index (χ2n) is 4.38. The number of methoxy groups -OCH3 is 1. The van der Waals surface area contributed by atoms with Gasteiger partial charge in [0.05, 0.1) is 18.5 Å². The number of benzene rings is 2. The molecule has 2 aromatic rings. The van der Waals surface area contributed by atoms with E-state index in [1.54, 1.807) is 6.07 Å². The average molecular weight is 295 g/mol. The van der Waals surface area contributed by atoms with Crippen LogP contribution in [0.25, 0.3) is 0 Å². The predicted molar refractivity (Wildman–Crippen MR) is 81.0 cm³/mol. The second-order valence-corrected chi connectivity index (χ2v) is 4.81. The fourth-order valence-corrected chi connectivity index (χ4v) is 2.00. The number of nitrogens with two attached hydrogens (primary N) is 1. The van der Waals surface area contributed by atoms with E-state index < -0.39 is 0 Å². The highest BCUT2D eigenvalue weighted by atomic mass is 35.5. The van der Waals surface area contributed by atoms with E-state index in [1.165, 1.54) is 13.2 Å². The monoisotopic (exact) mass is 294 g/mol. The van der Waals surface area contributed by atoms with Gasteiger partial charge in [-0.15, -0.1) is 0 Å². The summed E-state index contributed by atoms with van der Waals surface area (Å²) < 4.78 is 18.8. The summed E-state index contributed by atoms with van der Waals surface area (Å²) in [5.74, 6) is 0.0693. The Morgan fingerprint density at radius 3 is 2.60 bits per heavy atom. The van der Waals surface area contributed by atoms with Crippen molar-refractivity contribution >= 4 is 23.0 Å². The van der Waals surface area contributed by atoms with Crippen molar-refractivity contribution in [3.05, 3.63) is 52.8 Å². The van der Waals surface area contributed by atoms with Gasteiger partial charge in [0.1, 0.15) is 11.6 Å². The molecule has 0 bridgehead atoms. The first-order valence-electron chi connectivity index (χ1n) is 6.21. The first-order valence-corrected chi connectivity index (χ1v) is 6.59. The highest BCUT2D eigenvalue weighted by Gasteiger charge is 2.07. The summed E-state index contributed by atoms with van der Waals surface area (Å²) in [6, 6.07) is 10.4. The van der Waals surface area contributed by atoms with Crippen LogP contribution in [0.1, 0.15) is 5.56 Å². The lowest BCUT2D eigenvalue weighted by atomic mass is 10.1. The Morgan fingerprint density at radius 2 is 1.95 bits per heavy atom. The maximum Gasteiger partial charge on any atom is 0.148 e. The lowest BCUT2D eigenvalue weighted by Crippen LogP contribution is -2.07. The van der Waals surface area contributed by atoms with E-state index in [1.807, 2.05) is 24.3 Å². The minimum absolute atomic E-state index is 0.285. The molecule has 0 aliphatic heterocycles. The molecule has 0 amide bonds. The first-order chi connectivity index (χ1) is 9.60. The van der Waals surface area contributed by atoms with Gasteiger partial charge in [-0.3, -0.25) is 0 Å². The molecule has 3 nitrogen and oxygen atoms in total. The molecule has 0 aliphatic rings. The van der Waals surface area contributed by atoms with Crippen LogP contribution in [0, 0.1) is 5.82 Å². The van der Waals surface area contributed by atoms with Gasteiger partial charge < -0.3 is 15.8 Å². The molecule has 20 heavy (non-hydrogen) atoms. The quantitative estimate of drug-likeness (QED) is 0.826. The number of hydrogen-bond donors (Lipinski definition) is 2. The number of nitrogens with one attached hydrogen (secondary N) is 1. The third kappa shape index (κ3) is 3.54. The van der Waals surface area contributed by atoms with Crippen molar-refractivity contribution in [2.24, 2.45) is 0 Å². The van der Waals surface area contributed by atoms with E-state index in [2.05, 4.69) is 5.32 Å². The molecule has 0 saturated heterocycles. The molecule has 0 heterocycles. The van der Waals surface area contributed by atoms with Gasteiger partial charge in [-0.25, -0.2) is 4.39 Å². The van der Waals surface area contributed by atoms with Gasteiger partial charge in [-0.1, -0.05) is 23.7 Å². The zero-order chi connectivity index (χ0) is 14.5. The van der Waals surface area contributed by atoms with Crippen LogP contribution in [-0.4, -0.2) is 13.7 Å². The van der Waals surface area contributed by atoms with Gasteiger partial charge in [-0.2, -0.15) is 0 Å². The van der Waals surface area contributed by atoms with Crippen LogP contribution >= 0.6 is 11.6 Å². The van der Waals surface area contributed by atoms with E-state index in [4.69, 9.17) is 22.1 Å². The molecule has 0 radical (unpaired) electrons. The van der Waals surface area contributed by atoms with Crippen LogP contribution in [0.4, 0.5) is 15.8 Å². The Kier molecular flexibility index (Phi) is 4.69. The summed E-state index contributed by atoms with van der Waals surface area (Å²) in [7, 11) is 1.50. The fourth-order valence-electron chi connectivity index (χ4n) is 1.87. The van der Waals surface area contributed by atoms with Crippen molar-refractivity contribution in [2.45, 2.75) is 6.42 Å². The Balaban J connectivity index is 1.98. The van der Waals surface area contributed by atoms with Crippen LogP contribution in [0.3, 0.4) is 0 Å². The van der Waals surface area contributed by atoms with Gasteiger partial charge in [0.2, 0.25) is 0 Å². The molecule has 106 valence electrons. The molecular weight excluding hydrogens is 279 g/mol. The Bertz CT molecular complexity index is 587. The van der Waals surface area contributed by atoms with Crippen molar-refractivity contribution in [3.63, 3.8) is 0 Å². The van der Waals surface area contributed by atoms with Crippen molar-refractivity contribution in [2.75, 3.05) is 24.7 Å². The molecule has 0 fully saturated rings. The van der Waals surface area contributed by atoms with Crippen molar-refractivity contribution in [3.8, 4) is 5.75 Å². The molecule has 0 aromatic heterocycles. The van der Waals surface area contributed by atoms with Gasteiger partial charge in [-0.05, 0) is 24.1 Å². The summed E-state index contributed by atoms with van der Waals surface area (Å²) in [6.45, 7) is 0.603. The molecule has 0 spiro atoms. The third-order valence-corrected chi connectivity index (χ3v) is 3.21. The molecule has 0 saturated carbocycles. The van der Waals surface area contributed by atoms with E-state index in [0.717, 1.165) is 12.0 Å². The Hall–Kier alpha value is -1.94. The second kappa shape index (κ2) is 6.48. The molecule has 2 rings (SSSR count). The Labute approximate surface area is 122 Å². The smallest absolute Gasteiger partial charge is 0.148 e. The van der Waals surface area contributed by atoms with Gasteiger partial charge in [0, 0.05) is 23.7 Å². The third-order valence-electron chi connectivity index (χ3n) is 2.96. The first kappa shape index (κ1) is 14.5. The zero-order valence-electron chi connectivity index (χ0n) is 11.1. The molecular formula is C15H16ClFN2O. The van der Waals surface area contributed by atoms with Crippen LogP contribution in [-0.2, 0) is 6.42 Å². The number of hydrogen-bond acceptors (Lipinski definition) is 3. The van der Waals surface area contributed by atoms with Gasteiger partial charge >= 0.3 is 0 Å². The molecule has 3 N–H and O–H groups in total. The van der Waals surface area contributed by atoms with Crippen molar-refractivity contribution < 1.29 is 9.13 Å². The van der Waals surface area contributed by atoms with Crippen molar-refractivity contribution in [1.29, 1.82) is 0 Å². The number of nitrogen functional groups attached to an aromatic ring is 1. The van der Waals surface area contributed by atoms with E-state index in [9.17, 15) is 4.39 Å². The number of ether oxygens (including phenoxy) is 1. The van der Waals surface area contributed by atoms with Gasteiger partial charge in [0.15, 0.2) is 0 Å². The SMILES string of the molecule is COc1cc(NCCc2ccc(Cl)cc2)c(F)cc1N. The summed E-state index contributed by atoms with van der Waals surface area (Å²) in [4.78, 5) is 0. The molecule has 0 aliphatic carbocycles. The van der Waals surface area contributed by atoms with Crippen LogP contribution in [0.2, 0.25) is 5.02 Å². The topological polar surface area (TPSA) is 47.3 Å². The lowest BCUT2D eigenvalue weighted by molar-refractivity contribution is 0.416. The molecule has 5 heteroatoms. The normalized spacial score (nSPS) is 10.3. The Morgan fingerprint density at radius 1 is 1.25 bits per heavy atom. The van der Waals surface area contributed by atoms with Gasteiger partial charge in [0.25, 0.3) is 0 Å². The minimum Gasteiger partial charge on any atom is -0.495 e. The van der Waals surface area contributed by atoms with E-state index >= 15 is 0 Å². The average Bonchev–Trinajstić information content (AvgIpc) is 2.43. The van der Waals surface area contributed by atoms with E-state index in [-0.39, 0.29) is 11.5 Å². The number of anilines is 2. The summed E-state index contributed by atoms with van der Waals surface area (Å²) in [6.07, 6.45) is 0.767. The van der Waals surface area contributed by atoms with Crippen molar-refractivity contribution in [1.82, 2.24) is 0 Å². The standard InChI is InChI=1S/C15H16ClFN2O/c1-20-15-9-14(12(17)8-13(15)18)19-7-6-10-2-4-11(16)5-3-10/h2-5,8-9,19H,6-7,18H2,1H3. The summed E-state index contributed by atoms with van der Waals surface area (Å²) >= 11 is 5.82. The largest absolute Gasteiger partial charge is 0.495 e. The van der Waals surface area contributed by atoms with Crippen LogP contribution in [0.15, 0.2) is 36.4 Å². The molecule has 2 aromatic carbocycles. The minimum atomic E-state index is -0.389. The lowest BCUT2D eigenvalue weighted by Gasteiger charge is -2.11. The fraction of sp³-hybridized carbons (Fsp3) is 0.200. The highest BCUT2D eigenvalue weighted by Crippen LogP contribution is 2.28. The number of halogens is 2. The maximum absolute atomic E-state index is 13.7. The highest BCUT2D eigenvalue weighted by molar-refractivity contribution is 6.30. The molecule has 0 atom stereocenters. The van der Waals surface area contributed by atoms with Crippen LogP contribution < -0.4 is 15.8 Å². The summed E-state index contributed by atoms with van der Waals surface area (Å²) in [5.41, 5.74) is 7.42. The number of rotatable bonds is 5. The van der Waals surface area contributed by atoms with E-state index in [0.29, 0.717) is 23.0 Å². The predicted octanol–water partition coefficient (Wildman–Crippen LogP) is 3.72.